The average molecular weight is 456 g/mol. The van der Waals surface area contributed by atoms with Crippen LogP contribution in [0, 0.1) is 0 Å². The van der Waals surface area contributed by atoms with E-state index in [1.54, 1.807) is 12.1 Å². The molecule has 9 atom stereocenters. The van der Waals surface area contributed by atoms with E-state index < -0.39 is 55.1 Å². The zero-order valence-corrected chi connectivity index (χ0v) is 18.0. The van der Waals surface area contributed by atoms with Crippen molar-refractivity contribution in [3.63, 3.8) is 0 Å². The molecule has 0 radical (unpaired) electrons. The molecule has 1 aromatic rings. The van der Waals surface area contributed by atoms with Crippen LogP contribution >= 0.6 is 0 Å². The van der Waals surface area contributed by atoms with Crippen LogP contribution < -0.4 is 9.47 Å². The quantitative estimate of drug-likeness (QED) is 0.306. The van der Waals surface area contributed by atoms with Crippen LogP contribution in [0.1, 0.15) is 25.3 Å². The largest absolute Gasteiger partial charge is 0.493 e. The van der Waals surface area contributed by atoms with E-state index in [-0.39, 0.29) is 18.8 Å². The summed E-state index contributed by atoms with van der Waals surface area (Å²) in [6, 6.07) is 5.19. The van der Waals surface area contributed by atoms with E-state index in [4.69, 9.17) is 18.9 Å². The Bertz CT molecular complexity index is 771. The summed E-state index contributed by atoms with van der Waals surface area (Å²) in [7, 11) is 1.46. The Balaban J connectivity index is 1.70. The Morgan fingerprint density at radius 3 is 2.38 bits per heavy atom. The minimum atomic E-state index is -1.57. The molecule has 1 aliphatic heterocycles. The second kappa shape index (κ2) is 10.9. The van der Waals surface area contributed by atoms with Gasteiger partial charge in [0, 0.05) is 0 Å². The Hall–Kier alpha value is -1.76. The minimum absolute atomic E-state index is 0.242. The van der Waals surface area contributed by atoms with Gasteiger partial charge in [0.2, 0.25) is 6.29 Å². The summed E-state index contributed by atoms with van der Waals surface area (Å²) in [4.78, 5) is 0. The first kappa shape index (κ1) is 24.9. The molecule has 6 N–H and O–H groups in total. The van der Waals surface area contributed by atoms with Gasteiger partial charge in [0.05, 0.1) is 25.9 Å². The molecular weight excluding hydrogens is 424 g/mol. The van der Waals surface area contributed by atoms with Crippen molar-refractivity contribution >= 4 is 6.08 Å². The van der Waals surface area contributed by atoms with E-state index in [1.807, 2.05) is 25.1 Å². The number of benzene rings is 1. The van der Waals surface area contributed by atoms with Crippen LogP contribution in [0.25, 0.3) is 6.08 Å². The van der Waals surface area contributed by atoms with Gasteiger partial charge in [-0.25, -0.2) is 0 Å². The lowest BCUT2D eigenvalue weighted by molar-refractivity contribution is -0.284. The van der Waals surface area contributed by atoms with Crippen LogP contribution in [-0.2, 0) is 9.47 Å². The van der Waals surface area contributed by atoms with Gasteiger partial charge in [-0.05, 0) is 37.5 Å². The van der Waals surface area contributed by atoms with Gasteiger partial charge in [-0.15, -0.1) is 0 Å². The fourth-order valence-electron chi connectivity index (χ4n) is 3.88. The number of aliphatic hydroxyl groups excluding tert-OH is 6. The fourth-order valence-corrected chi connectivity index (χ4v) is 3.88. The van der Waals surface area contributed by atoms with Crippen molar-refractivity contribution in [2.75, 3.05) is 13.7 Å². The van der Waals surface area contributed by atoms with Crippen molar-refractivity contribution < 1.29 is 49.6 Å². The lowest BCUT2D eigenvalue weighted by atomic mass is 9.89. The molecule has 32 heavy (non-hydrogen) atoms. The molecule has 10 heteroatoms. The average Bonchev–Trinajstić information content (AvgIpc) is 2.78. The van der Waals surface area contributed by atoms with Crippen molar-refractivity contribution in [3.05, 3.63) is 29.8 Å². The Kier molecular flexibility index (Phi) is 8.48. The monoisotopic (exact) mass is 456 g/mol. The highest BCUT2D eigenvalue weighted by Crippen LogP contribution is 2.33. The second-order valence-corrected chi connectivity index (χ2v) is 8.04. The van der Waals surface area contributed by atoms with Crippen LogP contribution in [0.4, 0.5) is 0 Å². The molecule has 0 amide bonds. The van der Waals surface area contributed by atoms with Crippen molar-refractivity contribution in [2.24, 2.45) is 0 Å². The van der Waals surface area contributed by atoms with E-state index in [1.165, 1.54) is 7.11 Å². The number of methoxy groups -OCH3 is 1. The number of hydrogen-bond acceptors (Lipinski definition) is 10. The third-order valence-electron chi connectivity index (χ3n) is 5.80. The molecule has 3 rings (SSSR count). The maximum Gasteiger partial charge on any atom is 0.229 e. The molecule has 0 aromatic heterocycles. The summed E-state index contributed by atoms with van der Waals surface area (Å²) >= 11 is 0. The van der Waals surface area contributed by atoms with Gasteiger partial charge in [0.25, 0.3) is 0 Å². The van der Waals surface area contributed by atoms with Crippen LogP contribution in [-0.4, -0.2) is 99.5 Å². The molecule has 1 heterocycles. The molecule has 1 aromatic carbocycles. The predicted octanol–water partition coefficient (Wildman–Crippen LogP) is -0.824. The molecule has 1 saturated carbocycles. The summed E-state index contributed by atoms with van der Waals surface area (Å²) < 4.78 is 22.4. The van der Waals surface area contributed by atoms with Crippen molar-refractivity contribution in [3.8, 4) is 11.5 Å². The first-order chi connectivity index (χ1) is 15.3. The first-order valence-electron chi connectivity index (χ1n) is 10.6. The highest BCUT2D eigenvalue weighted by atomic mass is 16.7. The van der Waals surface area contributed by atoms with E-state index in [2.05, 4.69) is 0 Å². The molecule has 1 saturated heterocycles. The van der Waals surface area contributed by atoms with Gasteiger partial charge in [-0.3, -0.25) is 0 Å². The standard InChI is InChI=1S/C22H32O10/c1-3-4-11-5-7-13(29-2)15(9-11)31-22-21(28)20(27)19(26)16(32-22)10-30-14-8-6-12(23)17(24)18(14)25/h3-5,7,9,12,14,16-28H,6,8,10H2,1-2H3/b4-3+/t12-,14+,16+,17-,18-,19+,20-,21+,22+/m0/s1. The van der Waals surface area contributed by atoms with E-state index >= 15 is 0 Å². The highest BCUT2D eigenvalue weighted by Gasteiger charge is 2.46. The molecule has 0 unspecified atom stereocenters. The third-order valence-corrected chi connectivity index (χ3v) is 5.80. The van der Waals surface area contributed by atoms with Crippen LogP contribution in [0.5, 0.6) is 11.5 Å². The minimum Gasteiger partial charge on any atom is -0.493 e. The number of allylic oxidation sites excluding steroid dienone is 1. The molecule has 0 bridgehead atoms. The molecule has 180 valence electrons. The summed E-state index contributed by atoms with van der Waals surface area (Å²) in [6.45, 7) is 1.62. The molecule has 10 nitrogen and oxygen atoms in total. The smallest absolute Gasteiger partial charge is 0.229 e. The normalized spacial score (nSPS) is 38.1. The van der Waals surface area contributed by atoms with Crippen molar-refractivity contribution in [1.82, 2.24) is 0 Å². The van der Waals surface area contributed by atoms with Gasteiger partial charge in [-0.1, -0.05) is 18.2 Å². The molecule has 0 spiro atoms. The maximum absolute atomic E-state index is 10.4. The number of hydrogen-bond donors (Lipinski definition) is 6. The van der Waals surface area contributed by atoms with E-state index in [9.17, 15) is 30.6 Å². The van der Waals surface area contributed by atoms with E-state index in [0.717, 1.165) is 5.56 Å². The zero-order valence-electron chi connectivity index (χ0n) is 18.0. The Morgan fingerprint density at radius 2 is 1.69 bits per heavy atom. The lowest BCUT2D eigenvalue weighted by Gasteiger charge is -2.41. The van der Waals surface area contributed by atoms with Crippen molar-refractivity contribution in [1.29, 1.82) is 0 Å². The third kappa shape index (κ3) is 5.41. The number of aliphatic hydroxyl groups is 6. The van der Waals surface area contributed by atoms with Gasteiger partial charge in [-0.2, -0.15) is 0 Å². The Morgan fingerprint density at radius 1 is 0.938 bits per heavy atom. The summed E-state index contributed by atoms with van der Waals surface area (Å²) in [6.07, 6.45) is -7.25. The molecular formula is C22H32O10. The van der Waals surface area contributed by atoms with Gasteiger partial charge in [0.1, 0.15) is 36.6 Å². The number of rotatable bonds is 7. The maximum atomic E-state index is 10.4. The SMILES string of the molecule is C/C=C/c1ccc(OC)c(O[C@@H]2O[C@H](CO[C@@H]3CC[C@H](O)[C@H](O)[C@H]3O)[C@@H](O)[C@H](O)[C@H]2O)c1. The highest BCUT2D eigenvalue weighted by molar-refractivity contribution is 5.55. The predicted molar refractivity (Wildman–Crippen MR) is 112 cm³/mol. The summed E-state index contributed by atoms with van der Waals surface area (Å²) in [5.41, 5.74) is 0.820. The number of ether oxygens (including phenoxy) is 4. The van der Waals surface area contributed by atoms with Gasteiger partial charge < -0.3 is 49.6 Å². The van der Waals surface area contributed by atoms with Crippen LogP contribution in [0.3, 0.4) is 0 Å². The summed E-state index contributed by atoms with van der Waals surface area (Å²) in [5, 5.41) is 60.6. The second-order valence-electron chi connectivity index (χ2n) is 8.04. The first-order valence-corrected chi connectivity index (χ1v) is 10.6. The van der Waals surface area contributed by atoms with Crippen LogP contribution in [0.2, 0.25) is 0 Å². The lowest BCUT2D eigenvalue weighted by Crippen LogP contribution is -2.60. The Labute approximate surface area is 186 Å². The molecule has 2 aliphatic rings. The fraction of sp³-hybridized carbons (Fsp3) is 0.636. The summed E-state index contributed by atoms with van der Waals surface area (Å²) in [5.74, 6) is 0.663. The van der Waals surface area contributed by atoms with Crippen LogP contribution in [0.15, 0.2) is 24.3 Å². The van der Waals surface area contributed by atoms with Crippen molar-refractivity contribution in [2.45, 2.75) is 74.9 Å². The molecule has 2 fully saturated rings. The van der Waals surface area contributed by atoms with E-state index in [0.29, 0.717) is 12.2 Å². The topological polar surface area (TPSA) is 158 Å². The molecule has 1 aliphatic carbocycles. The van der Waals surface area contributed by atoms with Gasteiger partial charge in [0.15, 0.2) is 11.5 Å². The van der Waals surface area contributed by atoms with Gasteiger partial charge >= 0.3 is 0 Å². The zero-order chi connectivity index (χ0) is 23.4.